The average Bonchev–Trinajstić information content (AvgIpc) is 2.81. The number of hydrazine groups is 1. The highest BCUT2D eigenvalue weighted by molar-refractivity contribution is 6.37. The molecule has 2 rings (SSSR count). The molecule has 0 aliphatic heterocycles. The van der Waals surface area contributed by atoms with E-state index >= 15 is 0 Å². The van der Waals surface area contributed by atoms with E-state index in [0.717, 1.165) is 5.76 Å². The highest BCUT2D eigenvalue weighted by atomic mass is 35.5. The Kier molecular flexibility index (Phi) is 3.73. The summed E-state index contributed by atoms with van der Waals surface area (Å²) in [5.74, 6) is 6.90. The molecule has 0 aliphatic carbocycles. The molecule has 0 fully saturated rings. The summed E-state index contributed by atoms with van der Waals surface area (Å²) < 4.78 is 5.18. The van der Waals surface area contributed by atoms with Gasteiger partial charge in [-0.15, -0.1) is 0 Å². The third kappa shape index (κ3) is 2.82. The lowest BCUT2D eigenvalue weighted by Gasteiger charge is -2.09. The van der Waals surface area contributed by atoms with Crippen LogP contribution in [-0.2, 0) is 6.54 Å². The van der Waals surface area contributed by atoms with Crippen LogP contribution in [0.3, 0.4) is 0 Å². The van der Waals surface area contributed by atoms with E-state index < -0.39 is 0 Å². The molecule has 0 saturated carbocycles. The average molecular weight is 273 g/mol. The zero-order valence-corrected chi connectivity index (χ0v) is 10.2. The molecule has 0 radical (unpaired) electrons. The minimum absolute atomic E-state index is 0.359. The fraction of sp³-hybridized carbons (Fsp3) is 0.100. The number of anilines is 2. The summed E-state index contributed by atoms with van der Waals surface area (Å²) in [6.45, 7) is 0.478. The van der Waals surface area contributed by atoms with Gasteiger partial charge in [0.15, 0.2) is 5.82 Å². The van der Waals surface area contributed by atoms with Gasteiger partial charge in [-0.05, 0) is 18.2 Å². The molecule has 4 N–H and O–H groups in total. The van der Waals surface area contributed by atoms with E-state index in [1.807, 2.05) is 6.07 Å². The number of rotatable bonds is 4. The van der Waals surface area contributed by atoms with Gasteiger partial charge in [0.2, 0.25) is 0 Å². The second-order valence-corrected chi connectivity index (χ2v) is 4.04. The Hall–Kier alpha value is -1.43. The topological polar surface area (TPSA) is 76.1 Å². The quantitative estimate of drug-likeness (QED) is 0.590. The van der Waals surface area contributed by atoms with Crippen molar-refractivity contribution >= 4 is 34.8 Å². The summed E-state index contributed by atoms with van der Waals surface area (Å²) >= 11 is 11.9. The lowest BCUT2D eigenvalue weighted by atomic mass is 10.4. The third-order valence-electron chi connectivity index (χ3n) is 2.08. The number of nitrogens with zero attached hydrogens (tertiary/aromatic N) is 1. The number of nitrogens with one attached hydrogen (secondary N) is 2. The van der Waals surface area contributed by atoms with E-state index in [4.69, 9.17) is 33.5 Å². The fourth-order valence-electron chi connectivity index (χ4n) is 1.28. The van der Waals surface area contributed by atoms with Gasteiger partial charge in [0.1, 0.15) is 11.6 Å². The zero-order chi connectivity index (χ0) is 12.3. The van der Waals surface area contributed by atoms with Crippen molar-refractivity contribution in [1.29, 1.82) is 0 Å². The molecular weight excluding hydrogens is 263 g/mol. The van der Waals surface area contributed by atoms with Crippen LogP contribution in [0.25, 0.3) is 0 Å². The maximum Gasteiger partial charge on any atom is 0.161 e. The second-order valence-electron chi connectivity index (χ2n) is 3.23. The van der Waals surface area contributed by atoms with Crippen molar-refractivity contribution in [3.05, 3.63) is 40.3 Å². The lowest BCUT2D eigenvalue weighted by molar-refractivity contribution is 0.518. The predicted molar refractivity (Wildman–Crippen MR) is 68.1 cm³/mol. The van der Waals surface area contributed by atoms with Crippen LogP contribution in [0.2, 0.25) is 10.0 Å². The van der Waals surface area contributed by atoms with Gasteiger partial charge in [-0.3, -0.25) is 0 Å². The van der Waals surface area contributed by atoms with Crippen molar-refractivity contribution in [1.82, 2.24) is 4.98 Å². The van der Waals surface area contributed by atoms with E-state index in [9.17, 15) is 0 Å². The van der Waals surface area contributed by atoms with Gasteiger partial charge in [0.25, 0.3) is 0 Å². The molecule has 17 heavy (non-hydrogen) atoms. The van der Waals surface area contributed by atoms with Crippen molar-refractivity contribution in [3.8, 4) is 0 Å². The van der Waals surface area contributed by atoms with Crippen LogP contribution < -0.4 is 16.6 Å². The molecule has 0 aromatic carbocycles. The Morgan fingerprint density at radius 2 is 2.06 bits per heavy atom. The van der Waals surface area contributed by atoms with E-state index in [1.54, 1.807) is 18.4 Å². The molecule has 0 bridgehead atoms. The van der Waals surface area contributed by atoms with Crippen molar-refractivity contribution in [3.63, 3.8) is 0 Å². The van der Waals surface area contributed by atoms with Gasteiger partial charge in [-0.25, -0.2) is 10.8 Å². The van der Waals surface area contributed by atoms with Gasteiger partial charge >= 0.3 is 0 Å². The maximum absolute atomic E-state index is 5.99. The minimum atomic E-state index is 0.359. The number of aromatic nitrogens is 1. The normalized spacial score (nSPS) is 10.3. The Morgan fingerprint density at radius 1 is 1.29 bits per heavy atom. The number of halogens is 2. The number of pyridine rings is 1. The Labute approximate surface area is 108 Å². The number of hydrogen-bond donors (Lipinski definition) is 3. The SMILES string of the molecule is NNc1nc(NCc2ccco2)c(Cl)cc1Cl. The smallest absolute Gasteiger partial charge is 0.161 e. The van der Waals surface area contributed by atoms with Crippen molar-refractivity contribution in [2.45, 2.75) is 6.54 Å². The fourth-order valence-corrected chi connectivity index (χ4v) is 1.76. The molecule has 2 aromatic heterocycles. The highest BCUT2D eigenvalue weighted by Crippen LogP contribution is 2.28. The molecule has 0 spiro atoms. The van der Waals surface area contributed by atoms with Gasteiger partial charge in [-0.1, -0.05) is 23.2 Å². The van der Waals surface area contributed by atoms with E-state index in [-0.39, 0.29) is 0 Å². The molecule has 0 atom stereocenters. The number of nitrogen functional groups attached to an aromatic ring is 1. The first kappa shape index (κ1) is 12.0. The summed E-state index contributed by atoms with van der Waals surface area (Å²) in [7, 11) is 0. The van der Waals surface area contributed by atoms with Gasteiger partial charge in [0, 0.05) is 0 Å². The molecular formula is C10H10Cl2N4O. The van der Waals surface area contributed by atoms with E-state index in [0.29, 0.717) is 28.2 Å². The summed E-state index contributed by atoms with van der Waals surface area (Å²) in [6.07, 6.45) is 1.60. The van der Waals surface area contributed by atoms with E-state index in [1.165, 1.54) is 0 Å². The number of hydrogen-bond acceptors (Lipinski definition) is 5. The Balaban J connectivity index is 2.15. The van der Waals surface area contributed by atoms with Crippen LogP contribution in [0.4, 0.5) is 11.6 Å². The molecule has 5 nitrogen and oxygen atoms in total. The molecule has 7 heteroatoms. The number of furan rings is 1. The first-order valence-corrected chi connectivity index (χ1v) is 5.55. The van der Waals surface area contributed by atoms with Crippen molar-refractivity contribution in [2.24, 2.45) is 5.84 Å². The molecule has 0 amide bonds. The first-order chi connectivity index (χ1) is 8.20. The van der Waals surface area contributed by atoms with Gasteiger partial charge < -0.3 is 15.2 Å². The lowest BCUT2D eigenvalue weighted by Crippen LogP contribution is -2.11. The molecule has 90 valence electrons. The van der Waals surface area contributed by atoms with Crippen molar-refractivity contribution in [2.75, 3.05) is 10.7 Å². The Bertz CT molecular complexity index is 501. The summed E-state index contributed by atoms with van der Waals surface area (Å²) in [6, 6.07) is 5.22. The van der Waals surface area contributed by atoms with Crippen LogP contribution in [0.5, 0.6) is 0 Å². The van der Waals surface area contributed by atoms with Crippen LogP contribution in [-0.4, -0.2) is 4.98 Å². The highest BCUT2D eigenvalue weighted by Gasteiger charge is 2.08. The van der Waals surface area contributed by atoms with Gasteiger partial charge in [0.05, 0.1) is 22.9 Å². The molecule has 0 unspecified atom stereocenters. The molecule has 0 aliphatic rings. The van der Waals surface area contributed by atoms with Crippen LogP contribution >= 0.6 is 23.2 Å². The van der Waals surface area contributed by atoms with Gasteiger partial charge in [-0.2, -0.15) is 0 Å². The third-order valence-corrected chi connectivity index (χ3v) is 2.65. The van der Waals surface area contributed by atoms with Crippen molar-refractivity contribution < 1.29 is 4.42 Å². The summed E-state index contributed by atoms with van der Waals surface area (Å²) in [5.41, 5.74) is 2.39. The van der Waals surface area contributed by atoms with Crippen LogP contribution in [0, 0.1) is 0 Å². The molecule has 2 aromatic rings. The zero-order valence-electron chi connectivity index (χ0n) is 8.71. The molecule has 2 heterocycles. The number of nitrogens with two attached hydrogens (primary N) is 1. The molecule has 0 saturated heterocycles. The first-order valence-electron chi connectivity index (χ1n) is 4.79. The second kappa shape index (κ2) is 5.27. The van der Waals surface area contributed by atoms with Crippen LogP contribution in [0.1, 0.15) is 5.76 Å². The maximum atomic E-state index is 5.99. The summed E-state index contributed by atoms with van der Waals surface area (Å²) in [4.78, 5) is 4.14. The largest absolute Gasteiger partial charge is 0.467 e. The standard InChI is InChI=1S/C10H10Cl2N4O/c11-7-4-8(12)10(16-13)15-9(7)14-5-6-2-1-3-17-6/h1-4H,5,13H2,(H2,14,15,16). The summed E-state index contributed by atoms with van der Waals surface area (Å²) in [5, 5.41) is 3.81. The van der Waals surface area contributed by atoms with E-state index in [2.05, 4.69) is 15.7 Å². The minimum Gasteiger partial charge on any atom is -0.467 e. The monoisotopic (exact) mass is 272 g/mol. The predicted octanol–water partition coefficient (Wildman–Crippen LogP) is 2.88. The Morgan fingerprint density at radius 3 is 2.71 bits per heavy atom. The van der Waals surface area contributed by atoms with Crippen LogP contribution in [0.15, 0.2) is 28.9 Å².